The molecule has 21 heavy (non-hydrogen) atoms. The van der Waals surface area contributed by atoms with Crippen molar-refractivity contribution in [2.45, 2.75) is 25.8 Å². The number of likely N-dealkylation sites (tertiary alicyclic amines) is 1. The first-order valence-corrected chi connectivity index (χ1v) is 7.04. The Morgan fingerprint density at radius 1 is 1.43 bits per heavy atom. The lowest BCUT2D eigenvalue weighted by atomic mass is 10.2. The SMILES string of the molecule is CCOC(=O)C1CCCN1C(=O)Nc1cccc(OC)c1. The first-order chi connectivity index (χ1) is 10.2. The van der Waals surface area contributed by atoms with E-state index in [-0.39, 0.29) is 12.0 Å². The van der Waals surface area contributed by atoms with Gasteiger partial charge in [0.2, 0.25) is 0 Å². The van der Waals surface area contributed by atoms with E-state index in [1.54, 1.807) is 38.3 Å². The monoisotopic (exact) mass is 292 g/mol. The predicted octanol–water partition coefficient (Wildman–Crippen LogP) is 2.25. The van der Waals surface area contributed by atoms with E-state index < -0.39 is 6.04 Å². The number of nitrogens with one attached hydrogen (secondary N) is 1. The zero-order chi connectivity index (χ0) is 15.2. The molecule has 0 saturated carbocycles. The minimum atomic E-state index is -0.490. The van der Waals surface area contributed by atoms with Crippen LogP contribution in [-0.4, -0.2) is 43.2 Å². The number of carbonyl (C=O) groups is 2. The van der Waals surface area contributed by atoms with Gasteiger partial charge in [-0.15, -0.1) is 0 Å². The topological polar surface area (TPSA) is 67.9 Å². The van der Waals surface area contributed by atoms with Gasteiger partial charge in [0.25, 0.3) is 0 Å². The Morgan fingerprint density at radius 2 is 2.24 bits per heavy atom. The summed E-state index contributed by atoms with van der Waals surface area (Å²) in [5.74, 6) is 0.326. The molecule has 1 aromatic rings. The fourth-order valence-corrected chi connectivity index (χ4v) is 2.39. The number of anilines is 1. The fraction of sp³-hybridized carbons (Fsp3) is 0.467. The van der Waals surface area contributed by atoms with Gasteiger partial charge in [-0.1, -0.05) is 6.07 Å². The average molecular weight is 292 g/mol. The number of ether oxygens (including phenoxy) is 2. The quantitative estimate of drug-likeness (QED) is 0.864. The van der Waals surface area contributed by atoms with Crippen LogP contribution in [0, 0.1) is 0 Å². The van der Waals surface area contributed by atoms with Crippen LogP contribution in [0.1, 0.15) is 19.8 Å². The van der Waals surface area contributed by atoms with Crippen molar-refractivity contribution in [3.63, 3.8) is 0 Å². The van der Waals surface area contributed by atoms with Crippen molar-refractivity contribution < 1.29 is 19.1 Å². The lowest BCUT2D eigenvalue weighted by Crippen LogP contribution is -2.43. The van der Waals surface area contributed by atoms with E-state index in [0.29, 0.717) is 31.0 Å². The summed E-state index contributed by atoms with van der Waals surface area (Å²) in [6.45, 7) is 2.63. The normalized spacial score (nSPS) is 17.4. The molecule has 1 atom stereocenters. The summed E-state index contributed by atoms with van der Waals surface area (Å²) in [5, 5.41) is 2.78. The van der Waals surface area contributed by atoms with Crippen molar-refractivity contribution in [1.82, 2.24) is 4.90 Å². The molecule has 1 aliphatic rings. The number of rotatable bonds is 4. The number of urea groups is 1. The van der Waals surface area contributed by atoms with Gasteiger partial charge in [-0.05, 0) is 31.9 Å². The second kappa shape index (κ2) is 6.97. The Bertz CT molecular complexity index is 518. The van der Waals surface area contributed by atoms with Crippen LogP contribution in [0.5, 0.6) is 5.75 Å². The van der Waals surface area contributed by atoms with Crippen LogP contribution in [0.4, 0.5) is 10.5 Å². The second-order valence-electron chi connectivity index (χ2n) is 4.77. The standard InChI is InChI=1S/C15H20N2O4/c1-3-21-14(18)13-8-5-9-17(13)15(19)16-11-6-4-7-12(10-11)20-2/h4,6-7,10,13H,3,5,8-9H2,1-2H3,(H,16,19). The average Bonchev–Trinajstić information content (AvgIpc) is 2.97. The molecular weight excluding hydrogens is 272 g/mol. The van der Waals surface area contributed by atoms with Gasteiger partial charge in [0, 0.05) is 18.3 Å². The van der Waals surface area contributed by atoms with Gasteiger partial charge in [-0.3, -0.25) is 0 Å². The van der Waals surface area contributed by atoms with Crippen LogP contribution in [0.2, 0.25) is 0 Å². The van der Waals surface area contributed by atoms with Gasteiger partial charge in [0.1, 0.15) is 11.8 Å². The molecule has 0 bridgehead atoms. The van der Waals surface area contributed by atoms with E-state index in [1.807, 2.05) is 0 Å². The summed E-state index contributed by atoms with van der Waals surface area (Å²) < 4.78 is 10.1. The minimum absolute atomic E-state index is 0.293. The molecule has 1 aromatic carbocycles. The third kappa shape index (κ3) is 3.65. The molecule has 0 aliphatic carbocycles. The summed E-state index contributed by atoms with van der Waals surface area (Å²) in [7, 11) is 1.57. The van der Waals surface area contributed by atoms with Gasteiger partial charge in [-0.25, -0.2) is 9.59 Å². The van der Waals surface area contributed by atoms with Gasteiger partial charge in [-0.2, -0.15) is 0 Å². The van der Waals surface area contributed by atoms with Crippen LogP contribution in [0.25, 0.3) is 0 Å². The van der Waals surface area contributed by atoms with Crippen LogP contribution in [0.3, 0.4) is 0 Å². The smallest absolute Gasteiger partial charge is 0.328 e. The van der Waals surface area contributed by atoms with Gasteiger partial charge < -0.3 is 19.7 Å². The molecular formula is C15H20N2O4. The highest BCUT2D eigenvalue weighted by molar-refractivity contribution is 5.93. The zero-order valence-electron chi connectivity index (χ0n) is 12.3. The number of nitrogens with zero attached hydrogens (tertiary/aromatic N) is 1. The maximum atomic E-state index is 12.3. The molecule has 6 heteroatoms. The van der Waals surface area contributed by atoms with Crippen molar-refractivity contribution >= 4 is 17.7 Å². The van der Waals surface area contributed by atoms with E-state index in [4.69, 9.17) is 9.47 Å². The number of benzene rings is 1. The van der Waals surface area contributed by atoms with Crippen LogP contribution in [0.15, 0.2) is 24.3 Å². The van der Waals surface area contributed by atoms with Crippen LogP contribution < -0.4 is 10.1 Å². The number of esters is 1. The van der Waals surface area contributed by atoms with E-state index in [9.17, 15) is 9.59 Å². The minimum Gasteiger partial charge on any atom is -0.497 e. The highest BCUT2D eigenvalue weighted by Crippen LogP contribution is 2.21. The lowest BCUT2D eigenvalue weighted by molar-refractivity contribution is -0.147. The fourth-order valence-electron chi connectivity index (χ4n) is 2.39. The van der Waals surface area contributed by atoms with E-state index >= 15 is 0 Å². The Hall–Kier alpha value is -2.24. The zero-order valence-corrected chi connectivity index (χ0v) is 12.3. The van der Waals surface area contributed by atoms with Gasteiger partial charge in [0.15, 0.2) is 0 Å². The number of hydrogen-bond acceptors (Lipinski definition) is 4. The van der Waals surface area contributed by atoms with Crippen LogP contribution >= 0.6 is 0 Å². The number of amides is 2. The lowest BCUT2D eigenvalue weighted by Gasteiger charge is -2.23. The van der Waals surface area contributed by atoms with Gasteiger partial charge in [0.05, 0.1) is 13.7 Å². The molecule has 1 fully saturated rings. The number of methoxy groups -OCH3 is 1. The van der Waals surface area contributed by atoms with E-state index in [0.717, 1.165) is 6.42 Å². The Labute approximate surface area is 124 Å². The summed E-state index contributed by atoms with van der Waals surface area (Å²) in [5.41, 5.74) is 0.633. The maximum absolute atomic E-state index is 12.3. The molecule has 1 heterocycles. The van der Waals surface area contributed by atoms with Crippen molar-refractivity contribution in [1.29, 1.82) is 0 Å². The second-order valence-corrected chi connectivity index (χ2v) is 4.77. The molecule has 114 valence electrons. The maximum Gasteiger partial charge on any atom is 0.328 e. The molecule has 1 unspecified atom stereocenters. The van der Waals surface area contributed by atoms with Crippen LogP contribution in [-0.2, 0) is 9.53 Å². The molecule has 0 spiro atoms. The number of hydrogen-bond donors (Lipinski definition) is 1. The molecule has 6 nitrogen and oxygen atoms in total. The molecule has 0 radical (unpaired) electrons. The first kappa shape index (κ1) is 15.2. The molecule has 2 amide bonds. The third-order valence-corrected chi connectivity index (χ3v) is 3.39. The largest absolute Gasteiger partial charge is 0.497 e. The van der Waals surface area contributed by atoms with Crippen molar-refractivity contribution in [2.24, 2.45) is 0 Å². The van der Waals surface area contributed by atoms with Gasteiger partial charge >= 0.3 is 12.0 Å². The van der Waals surface area contributed by atoms with E-state index in [2.05, 4.69) is 5.32 Å². The summed E-state index contributed by atoms with van der Waals surface area (Å²) >= 11 is 0. The van der Waals surface area contributed by atoms with Crippen molar-refractivity contribution in [3.8, 4) is 5.75 Å². The molecule has 2 rings (SSSR count). The molecule has 0 aromatic heterocycles. The highest BCUT2D eigenvalue weighted by atomic mass is 16.5. The van der Waals surface area contributed by atoms with E-state index in [1.165, 1.54) is 4.90 Å². The Kier molecular flexibility index (Phi) is 5.03. The molecule has 1 aliphatic heterocycles. The first-order valence-electron chi connectivity index (χ1n) is 7.04. The summed E-state index contributed by atoms with van der Waals surface area (Å²) in [6.07, 6.45) is 1.44. The number of carbonyl (C=O) groups excluding carboxylic acids is 2. The molecule has 1 saturated heterocycles. The Balaban J connectivity index is 2.03. The van der Waals surface area contributed by atoms with Crippen molar-refractivity contribution in [2.75, 3.05) is 25.6 Å². The third-order valence-electron chi connectivity index (χ3n) is 3.39. The summed E-state index contributed by atoms with van der Waals surface area (Å²) in [4.78, 5) is 25.7. The Morgan fingerprint density at radius 3 is 2.95 bits per heavy atom. The predicted molar refractivity (Wildman–Crippen MR) is 78.4 cm³/mol. The molecule has 1 N–H and O–H groups in total. The van der Waals surface area contributed by atoms with Crippen molar-refractivity contribution in [3.05, 3.63) is 24.3 Å². The summed E-state index contributed by atoms with van der Waals surface area (Å²) in [6, 6.07) is 6.31. The highest BCUT2D eigenvalue weighted by Gasteiger charge is 2.35.